The summed E-state index contributed by atoms with van der Waals surface area (Å²) in [5, 5.41) is -0.125. The van der Waals surface area contributed by atoms with Crippen molar-refractivity contribution in [1.29, 1.82) is 0 Å². The molecule has 0 spiro atoms. The number of aromatic nitrogens is 1. The molecule has 1 aliphatic heterocycles. The fourth-order valence-corrected chi connectivity index (χ4v) is 7.02. The van der Waals surface area contributed by atoms with Gasteiger partial charge in [0.25, 0.3) is 5.91 Å². The van der Waals surface area contributed by atoms with Crippen LogP contribution in [0.1, 0.15) is 67.6 Å². The molecule has 10 heteroatoms. The SMILES string of the molecule is C=CC[C@H](C)[C@@H](C)S(=O)(=O)NC(=O)c1ccc2c(n1)N(C[C@@H]1CC[C@H]1C(=O)C=C)CCCCc1cc(Cl)ccc1CO2. The minimum absolute atomic E-state index is 0.0242. The smallest absolute Gasteiger partial charge is 0.283 e. The molecule has 2 aliphatic rings. The number of nitrogens with zero attached hydrogens (tertiary/aromatic N) is 2. The summed E-state index contributed by atoms with van der Waals surface area (Å²) >= 11 is 6.28. The molecule has 1 aliphatic carbocycles. The Morgan fingerprint density at radius 1 is 1.17 bits per heavy atom. The lowest BCUT2D eigenvalue weighted by atomic mass is 9.71. The number of ketones is 1. The van der Waals surface area contributed by atoms with E-state index in [2.05, 4.69) is 27.8 Å². The zero-order valence-electron chi connectivity index (χ0n) is 24.4. The Bertz CT molecular complexity index is 1440. The van der Waals surface area contributed by atoms with Crippen molar-refractivity contribution in [3.8, 4) is 5.75 Å². The number of hydrogen-bond acceptors (Lipinski definition) is 7. The maximum atomic E-state index is 13.2. The molecule has 2 heterocycles. The number of pyridine rings is 1. The first-order chi connectivity index (χ1) is 20.0. The summed E-state index contributed by atoms with van der Waals surface area (Å²) in [4.78, 5) is 32.4. The molecule has 226 valence electrons. The lowest BCUT2D eigenvalue weighted by Crippen LogP contribution is -2.42. The second-order valence-corrected chi connectivity index (χ2v) is 13.8. The lowest BCUT2D eigenvalue weighted by molar-refractivity contribution is -0.122. The van der Waals surface area contributed by atoms with Gasteiger partial charge in [-0.05, 0) is 98.8 Å². The van der Waals surface area contributed by atoms with E-state index >= 15 is 0 Å². The van der Waals surface area contributed by atoms with Gasteiger partial charge in [0.05, 0.1) is 5.25 Å². The monoisotopic (exact) mass is 613 g/mol. The average molecular weight is 614 g/mol. The number of anilines is 1. The van der Waals surface area contributed by atoms with Gasteiger partial charge in [0.15, 0.2) is 17.4 Å². The topological polar surface area (TPSA) is 106 Å². The van der Waals surface area contributed by atoms with Gasteiger partial charge in [-0.15, -0.1) is 6.58 Å². The molecule has 1 N–H and O–H groups in total. The first-order valence-corrected chi connectivity index (χ1v) is 16.5. The van der Waals surface area contributed by atoms with Crippen LogP contribution in [0.4, 0.5) is 5.82 Å². The van der Waals surface area contributed by atoms with Crippen molar-refractivity contribution in [2.45, 2.75) is 64.2 Å². The summed E-state index contributed by atoms with van der Waals surface area (Å²) in [5.74, 6) is -0.00241. The largest absolute Gasteiger partial charge is 0.485 e. The van der Waals surface area contributed by atoms with Gasteiger partial charge in [-0.2, -0.15) is 0 Å². The molecule has 0 unspecified atom stereocenters. The minimum Gasteiger partial charge on any atom is -0.485 e. The van der Waals surface area contributed by atoms with Crippen molar-refractivity contribution in [2.24, 2.45) is 17.8 Å². The predicted molar refractivity (Wildman–Crippen MR) is 166 cm³/mol. The average Bonchev–Trinajstić information content (AvgIpc) is 2.97. The molecule has 0 bridgehead atoms. The fourth-order valence-electron chi connectivity index (χ4n) is 5.56. The van der Waals surface area contributed by atoms with Crippen LogP contribution in [-0.2, 0) is 27.8 Å². The van der Waals surface area contributed by atoms with E-state index in [-0.39, 0.29) is 35.8 Å². The van der Waals surface area contributed by atoms with Gasteiger partial charge in [0, 0.05) is 24.0 Å². The third kappa shape index (κ3) is 7.42. The fraction of sp³-hybridized carbons (Fsp3) is 0.469. The van der Waals surface area contributed by atoms with Crippen LogP contribution in [0.3, 0.4) is 0 Å². The van der Waals surface area contributed by atoms with Gasteiger partial charge < -0.3 is 9.64 Å². The molecule has 0 radical (unpaired) electrons. The van der Waals surface area contributed by atoms with Gasteiger partial charge in [0.2, 0.25) is 10.0 Å². The number of rotatable bonds is 10. The third-order valence-corrected chi connectivity index (χ3v) is 10.7. The molecular weight excluding hydrogens is 574 g/mol. The van der Waals surface area contributed by atoms with Crippen LogP contribution in [0, 0.1) is 17.8 Å². The number of nitrogens with one attached hydrogen (secondary N) is 1. The highest BCUT2D eigenvalue weighted by atomic mass is 35.5. The summed E-state index contributed by atoms with van der Waals surface area (Å²) < 4.78 is 34.5. The highest BCUT2D eigenvalue weighted by molar-refractivity contribution is 7.90. The van der Waals surface area contributed by atoms with E-state index in [1.165, 1.54) is 12.1 Å². The van der Waals surface area contributed by atoms with Gasteiger partial charge in [-0.25, -0.2) is 18.1 Å². The number of halogens is 1. The van der Waals surface area contributed by atoms with Crippen molar-refractivity contribution in [1.82, 2.24) is 9.71 Å². The van der Waals surface area contributed by atoms with Gasteiger partial charge >= 0.3 is 0 Å². The first kappa shape index (κ1) is 31.8. The molecule has 1 amide bonds. The Balaban J connectivity index is 1.66. The second-order valence-electron chi connectivity index (χ2n) is 11.4. The Labute approximate surface area is 254 Å². The maximum absolute atomic E-state index is 13.2. The van der Waals surface area contributed by atoms with Crippen LogP contribution in [-0.4, -0.2) is 43.4 Å². The summed E-state index contributed by atoms with van der Waals surface area (Å²) in [6.45, 7) is 12.2. The van der Waals surface area contributed by atoms with Crippen LogP contribution in [0.25, 0.3) is 0 Å². The molecular formula is C32H40ClN3O5S. The number of ether oxygens (including phenoxy) is 1. The highest BCUT2D eigenvalue weighted by Crippen LogP contribution is 2.38. The van der Waals surface area contributed by atoms with E-state index in [4.69, 9.17) is 16.3 Å². The Hall–Kier alpha value is -3.17. The zero-order valence-corrected chi connectivity index (χ0v) is 25.9. The lowest BCUT2D eigenvalue weighted by Gasteiger charge is -2.39. The number of fused-ring (bicyclic) bond motifs is 2. The van der Waals surface area contributed by atoms with Crippen LogP contribution in [0.2, 0.25) is 5.02 Å². The van der Waals surface area contributed by atoms with Crippen molar-refractivity contribution in [2.75, 3.05) is 18.0 Å². The Morgan fingerprint density at radius 3 is 2.64 bits per heavy atom. The number of carbonyl (C=O) groups excluding carboxylic acids is 2. The van der Waals surface area contributed by atoms with Crippen LogP contribution >= 0.6 is 11.6 Å². The molecule has 8 nitrogen and oxygen atoms in total. The normalized spacial score (nSPS) is 20.3. The maximum Gasteiger partial charge on any atom is 0.283 e. The summed E-state index contributed by atoms with van der Waals surface area (Å²) in [6, 6.07) is 8.92. The van der Waals surface area contributed by atoms with E-state index in [0.29, 0.717) is 36.1 Å². The molecule has 0 saturated heterocycles. The predicted octanol–water partition coefficient (Wildman–Crippen LogP) is 5.90. The number of allylic oxidation sites excluding steroid dienone is 2. The van der Waals surface area contributed by atoms with Crippen LogP contribution in [0.5, 0.6) is 5.75 Å². The summed E-state index contributed by atoms with van der Waals surface area (Å²) in [7, 11) is -3.95. The molecule has 4 rings (SSSR count). The molecule has 1 saturated carbocycles. The van der Waals surface area contributed by atoms with E-state index in [9.17, 15) is 18.0 Å². The van der Waals surface area contributed by atoms with Crippen LogP contribution in [0.15, 0.2) is 55.6 Å². The molecule has 1 aromatic carbocycles. The molecule has 1 aromatic heterocycles. The molecule has 1 fully saturated rings. The number of aryl methyl sites for hydroxylation is 1. The number of carbonyl (C=O) groups is 2. The van der Waals surface area contributed by atoms with Crippen molar-refractivity contribution < 1.29 is 22.7 Å². The number of hydrogen-bond donors (Lipinski definition) is 1. The van der Waals surface area contributed by atoms with E-state index in [1.54, 1.807) is 26.0 Å². The summed E-state index contributed by atoms with van der Waals surface area (Å²) in [5.41, 5.74) is 2.12. The standard InChI is InChI=1S/C32H40ClN3O5S/c1-5-9-21(3)22(4)42(39,40)35-32(38)28-15-16-30-31(34-28)36(19-24-12-14-27(24)29(37)6-2)17-8-7-10-23-18-26(33)13-11-25(23)20-41-30/h5-6,11,13,15-16,18,21-22,24,27H,1-2,7-10,12,14,17,19-20H2,3-4H3,(H,35,38)/t21-,22+,24-,27+/m0/s1. The highest BCUT2D eigenvalue weighted by Gasteiger charge is 2.37. The van der Waals surface area contributed by atoms with E-state index in [0.717, 1.165) is 43.2 Å². The Kier molecular flexibility index (Phi) is 10.5. The van der Waals surface area contributed by atoms with Crippen molar-refractivity contribution in [3.05, 3.63) is 77.5 Å². The molecule has 42 heavy (non-hydrogen) atoms. The number of sulfonamides is 1. The van der Waals surface area contributed by atoms with Gasteiger partial charge in [-0.1, -0.05) is 37.2 Å². The molecule has 2 aromatic rings. The van der Waals surface area contributed by atoms with Crippen LogP contribution < -0.4 is 14.4 Å². The third-order valence-electron chi connectivity index (χ3n) is 8.55. The quantitative estimate of drug-likeness (QED) is 0.263. The Morgan fingerprint density at radius 2 is 1.95 bits per heavy atom. The zero-order chi connectivity index (χ0) is 30.4. The van der Waals surface area contributed by atoms with E-state index in [1.807, 2.05) is 18.2 Å². The van der Waals surface area contributed by atoms with Crippen molar-refractivity contribution >= 4 is 39.1 Å². The number of amides is 1. The second kappa shape index (κ2) is 13.9. The first-order valence-electron chi connectivity index (χ1n) is 14.5. The van der Waals surface area contributed by atoms with Gasteiger partial charge in [0.1, 0.15) is 12.3 Å². The summed E-state index contributed by atoms with van der Waals surface area (Å²) in [6.07, 6.45) is 7.86. The number of benzene rings is 1. The van der Waals surface area contributed by atoms with Crippen molar-refractivity contribution in [3.63, 3.8) is 0 Å². The van der Waals surface area contributed by atoms with E-state index < -0.39 is 21.2 Å². The van der Waals surface area contributed by atoms with Gasteiger partial charge in [-0.3, -0.25) is 9.59 Å². The minimum atomic E-state index is -3.95. The molecule has 4 atom stereocenters.